The van der Waals surface area contributed by atoms with Crippen molar-refractivity contribution in [3.8, 4) is 5.69 Å². The fraction of sp³-hybridized carbons (Fsp3) is 0.320. The summed E-state index contributed by atoms with van der Waals surface area (Å²) in [5.74, 6) is -1.50. The van der Waals surface area contributed by atoms with Crippen molar-refractivity contribution in [2.24, 2.45) is 5.41 Å². The van der Waals surface area contributed by atoms with Crippen LogP contribution in [0, 0.1) is 22.9 Å². The molecule has 1 saturated carbocycles. The molecular weight excluding hydrogens is 401 g/mol. The first-order valence-corrected chi connectivity index (χ1v) is 10.5. The third-order valence-electron chi connectivity index (χ3n) is 7.11. The lowest BCUT2D eigenvalue weighted by Gasteiger charge is -2.42. The molecule has 0 amide bonds. The Labute approximate surface area is 178 Å². The van der Waals surface area contributed by atoms with Crippen LogP contribution < -0.4 is 0 Å². The Kier molecular flexibility index (Phi) is 4.59. The summed E-state index contributed by atoms with van der Waals surface area (Å²) in [4.78, 5) is 0. The highest BCUT2D eigenvalue weighted by Crippen LogP contribution is 2.56. The highest BCUT2D eigenvalue weighted by Gasteiger charge is 2.54. The summed E-state index contributed by atoms with van der Waals surface area (Å²) in [5, 5.41) is 16.1. The fourth-order valence-electron chi connectivity index (χ4n) is 5.22. The Morgan fingerprint density at radius 1 is 1.03 bits per heavy atom. The lowest BCUT2D eigenvalue weighted by molar-refractivity contribution is -0.0461. The van der Waals surface area contributed by atoms with Crippen molar-refractivity contribution < 1.29 is 18.3 Å². The van der Waals surface area contributed by atoms with Gasteiger partial charge in [0.2, 0.25) is 0 Å². The quantitative estimate of drug-likeness (QED) is 0.610. The molecule has 2 atom stereocenters. The summed E-state index contributed by atoms with van der Waals surface area (Å²) >= 11 is 0. The van der Waals surface area contributed by atoms with E-state index in [1.165, 1.54) is 24.3 Å². The van der Waals surface area contributed by atoms with Gasteiger partial charge < -0.3 is 5.11 Å². The van der Waals surface area contributed by atoms with Crippen LogP contribution in [0.25, 0.3) is 11.8 Å². The van der Waals surface area contributed by atoms with Crippen molar-refractivity contribution >= 4 is 6.08 Å². The highest BCUT2D eigenvalue weighted by atomic mass is 19.1. The summed E-state index contributed by atoms with van der Waals surface area (Å²) in [5.41, 5.74) is 3.01. The first-order valence-electron chi connectivity index (χ1n) is 10.5. The highest BCUT2D eigenvalue weighted by molar-refractivity contribution is 5.62. The number of fused-ring (bicyclic) bond motifs is 2. The van der Waals surface area contributed by atoms with Gasteiger partial charge in [0.05, 0.1) is 23.2 Å². The molecule has 2 aliphatic rings. The summed E-state index contributed by atoms with van der Waals surface area (Å²) in [6.45, 7) is 2.07. The van der Waals surface area contributed by atoms with Crippen LogP contribution in [0.5, 0.6) is 0 Å². The van der Waals surface area contributed by atoms with Crippen LogP contribution in [-0.2, 0) is 12.8 Å². The molecule has 0 spiro atoms. The number of aryl methyl sites for hydroxylation is 1. The number of rotatable bonds is 4. The maximum absolute atomic E-state index is 13.6. The number of aromatic nitrogens is 2. The number of hydrogen-bond donors (Lipinski definition) is 1. The predicted octanol–water partition coefficient (Wildman–Crippen LogP) is 5.39. The molecule has 5 rings (SSSR count). The first-order chi connectivity index (χ1) is 14.8. The molecule has 0 bridgehead atoms. The maximum Gasteiger partial charge on any atom is 0.126 e. The van der Waals surface area contributed by atoms with Crippen LogP contribution in [0.2, 0.25) is 0 Å². The lowest BCUT2D eigenvalue weighted by atomic mass is 9.65. The van der Waals surface area contributed by atoms with Crippen molar-refractivity contribution in [2.45, 2.75) is 44.6 Å². The van der Waals surface area contributed by atoms with E-state index in [4.69, 9.17) is 0 Å². The molecule has 3 nitrogen and oxygen atoms in total. The molecule has 3 aromatic rings. The SMILES string of the molecule is C[C@]12Cc3cnn(-c4ccc(F)cc4)c3C=C1CC[C@@]2(O)CCc1cc(F)cc(F)c1. The van der Waals surface area contributed by atoms with Gasteiger partial charge in [0.1, 0.15) is 17.5 Å². The van der Waals surface area contributed by atoms with Gasteiger partial charge in [0, 0.05) is 11.5 Å². The first kappa shape index (κ1) is 20.1. The zero-order valence-corrected chi connectivity index (χ0v) is 17.2. The third-order valence-corrected chi connectivity index (χ3v) is 7.11. The van der Waals surface area contributed by atoms with E-state index < -0.39 is 22.7 Å². The van der Waals surface area contributed by atoms with Gasteiger partial charge in [0.25, 0.3) is 0 Å². The van der Waals surface area contributed by atoms with Crippen LogP contribution in [0.4, 0.5) is 13.2 Å². The third kappa shape index (κ3) is 3.30. The molecule has 1 fully saturated rings. The van der Waals surface area contributed by atoms with Crippen molar-refractivity contribution in [1.29, 1.82) is 0 Å². The van der Waals surface area contributed by atoms with Gasteiger partial charge in [0.15, 0.2) is 0 Å². The van der Waals surface area contributed by atoms with Crippen molar-refractivity contribution in [1.82, 2.24) is 9.78 Å². The average molecular weight is 424 g/mol. The number of aliphatic hydroxyl groups is 1. The van der Waals surface area contributed by atoms with E-state index in [0.717, 1.165) is 35.0 Å². The largest absolute Gasteiger partial charge is 0.389 e. The molecule has 0 radical (unpaired) electrons. The van der Waals surface area contributed by atoms with Gasteiger partial charge in [-0.25, -0.2) is 17.9 Å². The Hall–Kier alpha value is -2.86. The summed E-state index contributed by atoms with van der Waals surface area (Å²) in [7, 11) is 0. The molecule has 1 aromatic heterocycles. The van der Waals surface area contributed by atoms with Crippen molar-refractivity contribution in [2.75, 3.05) is 0 Å². The zero-order chi connectivity index (χ0) is 21.8. The van der Waals surface area contributed by atoms with Crippen molar-refractivity contribution in [3.63, 3.8) is 0 Å². The molecule has 0 aliphatic heterocycles. The number of nitrogens with zero attached hydrogens (tertiary/aromatic N) is 2. The van der Waals surface area contributed by atoms with Crippen LogP contribution in [0.15, 0.2) is 54.2 Å². The molecule has 6 heteroatoms. The van der Waals surface area contributed by atoms with Crippen molar-refractivity contribution in [3.05, 3.63) is 88.5 Å². The molecule has 160 valence electrons. The lowest BCUT2D eigenvalue weighted by Crippen LogP contribution is -2.45. The minimum Gasteiger partial charge on any atom is -0.389 e. The predicted molar refractivity (Wildman–Crippen MR) is 112 cm³/mol. The minimum atomic E-state index is -0.975. The van der Waals surface area contributed by atoms with Gasteiger partial charge in [-0.2, -0.15) is 5.10 Å². The summed E-state index contributed by atoms with van der Waals surface area (Å²) in [6.07, 6.45) is 6.69. The van der Waals surface area contributed by atoms with E-state index in [-0.39, 0.29) is 5.82 Å². The number of benzene rings is 2. The molecular formula is C25H23F3N2O. The van der Waals surface area contributed by atoms with E-state index in [2.05, 4.69) is 18.1 Å². The van der Waals surface area contributed by atoms with E-state index in [1.54, 1.807) is 23.0 Å². The van der Waals surface area contributed by atoms with Gasteiger partial charge in [-0.15, -0.1) is 0 Å². The summed E-state index contributed by atoms with van der Waals surface area (Å²) < 4.78 is 42.2. The molecule has 2 aliphatic carbocycles. The Morgan fingerprint density at radius 3 is 2.45 bits per heavy atom. The van der Waals surface area contributed by atoms with Gasteiger partial charge >= 0.3 is 0 Å². The molecule has 0 unspecified atom stereocenters. The van der Waals surface area contributed by atoms with Crippen LogP contribution in [-0.4, -0.2) is 20.5 Å². The minimum absolute atomic E-state index is 0.297. The van der Waals surface area contributed by atoms with E-state index in [9.17, 15) is 18.3 Å². The molecule has 2 aromatic carbocycles. The standard InChI is InChI=1S/C25H23F3N2O/c1-24-14-17-15-29-30(22-4-2-19(26)3-5-22)23(17)12-18(24)7-9-25(24,31)8-6-16-10-20(27)13-21(28)11-16/h2-5,10-13,15,31H,6-9,14H2,1H3/t24-,25-/m0/s1. The molecule has 1 heterocycles. The van der Waals surface area contributed by atoms with Gasteiger partial charge in [-0.1, -0.05) is 12.5 Å². The van der Waals surface area contributed by atoms with Gasteiger partial charge in [-0.05, 0) is 85.7 Å². The Balaban J connectivity index is 1.43. The average Bonchev–Trinajstić information content (AvgIpc) is 3.23. The maximum atomic E-state index is 13.6. The summed E-state index contributed by atoms with van der Waals surface area (Å²) in [6, 6.07) is 9.71. The second kappa shape index (κ2) is 7.09. The fourth-order valence-corrected chi connectivity index (χ4v) is 5.22. The second-order valence-electron chi connectivity index (χ2n) is 8.93. The van der Waals surface area contributed by atoms with E-state index in [1.807, 2.05) is 0 Å². The number of hydrogen-bond acceptors (Lipinski definition) is 2. The van der Waals surface area contributed by atoms with Gasteiger partial charge in [-0.3, -0.25) is 0 Å². The monoisotopic (exact) mass is 424 g/mol. The Morgan fingerprint density at radius 2 is 1.74 bits per heavy atom. The van der Waals surface area contributed by atoms with E-state index >= 15 is 0 Å². The molecule has 1 N–H and O–H groups in total. The molecule has 0 saturated heterocycles. The smallest absolute Gasteiger partial charge is 0.126 e. The van der Waals surface area contributed by atoms with Crippen LogP contribution in [0.1, 0.15) is 43.0 Å². The molecule has 31 heavy (non-hydrogen) atoms. The van der Waals surface area contributed by atoms with Crippen LogP contribution in [0.3, 0.4) is 0 Å². The normalized spacial score (nSPS) is 24.6. The van der Waals surface area contributed by atoms with Crippen LogP contribution >= 0.6 is 0 Å². The Bertz CT molecular complexity index is 1160. The number of halogens is 3. The zero-order valence-electron chi connectivity index (χ0n) is 17.2. The second-order valence-corrected chi connectivity index (χ2v) is 8.93. The van der Waals surface area contributed by atoms with E-state index in [0.29, 0.717) is 31.2 Å². The topological polar surface area (TPSA) is 38.0 Å².